The second kappa shape index (κ2) is 8.10. The molecule has 1 aromatic carbocycles. The van der Waals surface area contributed by atoms with E-state index >= 15 is 0 Å². The molecule has 4 fully saturated rings. The second-order valence-electron chi connectivity index (χ2n) is 10.2. The van der Waals surface area contributed by atoms with Crippen molar-refractivity contribution in [1.29, 1.82) is 0 Å². The monoisotopic (exact) mass is 398 g/mol. The van der Waals surface area contributed by atoms with Crippen molar-refractivity contribution < 1.29 is 14.5 Å². The number of nitrogens with one attached hydrogen (secondary N) is 3. The van der Waals surface area contributed by atoms with Crippen LogP contribution in [-0.4, -0.2) is 38.5 Å². The molecule has 1 unspecified atom stereocenters. The number of carbonyl (C=O) groups excluding carboxylic acids is 2. The number of rotatable bonds is 7. The predicted octanol–water partition coefficient (Wildman–Crippen LogP) is 1.78. The quantitative estimate of drug-likeness (QED) is 0.656. The lowest BCUT2D eigenvalue weighted by Gasteiger charge is -2.59. The van der Waals surface area contributed by atoms with Gasteiger partial charge in [-0.3, -0.25) is 9.59 Å². The van der Waals surface area contributed by atoms with Crippen molar-refractivity contribution in [2.24, 2.45) is 23.2 Å². The molecule has 0 spiro atoms. The van der Waals surface area contributed by atoms with Crippen molar-refractivity contribution in [2.75, 3.05) is 20.6 Å². The number of hydrogen-bond acceptors (Lipinski definition) is 2. The van der Waals surface area contributed by atoms with Gasteiger partial charge in [0, 0.05) is 24.2 Å². The SMILES string of the molecule is CNC(=O)c1ccc(C[NH+](C)CC(=O)N[C@H](C)C23CC4CC(CC(C4)C2)C3)cc1. The highest BCUT2D eigenvalue weighted by Gasteiger charge is 2.53. The van der Waals surface area contributed by atoms with Crippen LogP contribution in [0.4, 0.5) is 0 Å². The summed E-state index contributed by atoms with van der Waals surface area (Å²) in [6.07, 6.45) is 8.27. The molecule has 29 heavy (non-hydrogen) atoms. The first kappa shape index (κ1) is 20.4. The van der Waals surface area contributed by atoms with Crippen LogP contribution in [0.3, 0.4) is 0 Å². The zero-order valence-electron chi connectivity index (χ0n) is 18.1. The molecule has 4 saturated carbocycles. The van der Waals surface area contributed by atoms with Gasteiger partial charge in [-0.2, -0.15) is 0 Å². The minimum atomic E-state index is -0.0738. The van der Waals surface area contributed by atoms with Gasteiger partial charge in [-0.25, -0.2) is 0 Å². The van der Waals surface area contributed by atoms with E-state index < -0.39 is 0 Å². The summed E-state index contributed by atoms with van der Waals surface area (Å²) in [6.45, 7) is 3.50. The van der Waals surface area contributed by atoms with E-state index in [1.54, 1.807) is 7.05 Å². The molecule has 5 rings (SSSR count). The Labute approximate surface area is 174 Å². The van der Waals surface area contributed by atoms with Crippen molar-refractivity contribution in [2.45, 2.75) is 58.0 Å². The molecular weight excluding hydrogens is 362 g/mol. The third-order valence-electron chi connectivity index (χ3n) is 7.79. The lowest BCUT2D eigenvalue weighted by molar-refractivity contribution is -0.885. The molecular formula is C24H36N3O2+. The van der Waals surface area contributed by atoms with Crippen molar-refractivity contribution in [3.05, 3.63) is 35.4 Å². The van der Waals surface area contributed by atoms with Gasteiger partial charge in [0.25, 0.3) is 11.8 Å². The molecule has 158 valence electrons. The third kappa shape index (κ3) is 4.35. The van der Waals surface area contributed by atoms with Crippen molar-refractivity contribution in [3.63, 3.8) is 0 Å². The minimum Gasteiger partial charge on any atom is -0.355 e. The van der Waals surface area contributed by atoms with Gasteiger partial charge in [-0.1, -0.05) is 12.1 Å². The van der Waals surface area contributed by atoms with Gasteiger partial charge in [0.05, 0.1) is 7.05 Å². The Morgan fingerprint density at radius 1 is 1.07 bits per heavy atom. The minimum absolute atomic E-state index is 0.0738. The fraction of sp³-hybridized carbons (Fsp3) is 0.667. The van der Waals surface area contributed by atoms with E-state index in [1.807, 2.05) is 24.3 Å². The Hall–Kier alpha value is -1.88. The summed E-state index contributed by atoms with van der Waals surface area (Å²) < 4.78 is 0. The first-order valence-corrected chi connectivity index (χ1v) is 11.3. The van der Waals surface area contributed by atoms with E-state index in [2.05, 4.69) is 24.6 Å². The summed E-state index contributed by atoms with van der Waals surface area (Å²) in [5.74, 6) is 2.81. The highest BCUT2D eigenvalue weighted by Crippen LogP contribution is 2.61. The average Bonchev–Trinajstić information content (AvgIpc) is 2.66. The summed E-state index contributed by atoms with van der Waals surface area (Å²) in [5.41, 5.74) is 2.15. The molecule has 4 aliphatic rings. The van der Waals surface area contributed by atoms with Crippen LogP contribution in [0.25, 0.3) is 0 Å². The molecule has 4 bridgehead atoms. The van der Waals surface area contributed by atoms with Gasteiger partial charge in [-0.15, -0.1) is 0 Å². The average molecular weight is 399 g/mol. The Kier molecular flexibility index (Phi) is 5.69. The van der Waals surface area contributed by atoms with Gasteiger partial charge in [0.2, 0.25) is 0 Å². The van der Waals surface area contributed by atoms with Crippen LogP contribution in [-0.2, 0) is 11.3 Å². The first-order valence-electron chi connectivity index (χ1n) is 11.3. The van der Waals surface area contributed by atoms with E-state index in [-0.39, 0.29) is 17.9 Å². The Bertz CT molecular complexity index is 723. The number of amides is 2. The number of benzene rings is 1. The maximum absolute atomic E-state index is 12.7. The molecule has 0 saturated heterocycles. The number of carbonyl (C=O) groups is 2. The van der Waals surface area contributed by atoms with Crippen molar-refractivity contribution in [3.8, 4) is 0 Å². The van der Waals surface area contributed by atoms with Crippen LogP contribution >= 0.6 is 0 Å². The fourth-order valence-corrected chi connectivity index (χ4v) is 6.76. The molecule has 0 heterocycles. The van der Waals surface area contributed by atoms with Crippen molar-refractivity contribution >= 4 is 11.8 Å². The molecule has 5 heteroatoms. The van der Waals surface area contributed by atoms with Crippen molar-refractivity contribution in [1.82, 2.24) is 10.6 Å². The molecule has 0 aromatic heterocycles. The van der Waals surface area contributed by atoms with Gasteiger partial charge < -0.3 is 15.5 Å². The standard InChI is InChI=1S/C24H35N3O2/c1-16(24-11-18-8-19(12-24)10-20(9-18)13-24)26-22(28)15-27(3)14-17-4-6-21(7-5-17)23(29)25-2/h4-7,16,18-20H,8-15H2,1-3H3,(H,25,29)(H,26,28)/p+1/t16-,18?,19?,20?,24?/m1/s1. The first-order chi connectivity index (χ1) is 13.9. The highest BCUT2D eigenvalue weighted by molar-refractivity contribution is 5.93. The largest absolute Gasteiger partial charge is 0.355 e. The lowest BCUT2D eigenvalue weighted by Crippen LogP contribution is -3.09. The molecule has 2 atom stereocenters. The summed E-state index contributed by atoms with van der Waals surface area (Å²) in [6, 6.07) is 7.92. The number of quaternary nitrogens is 1. The Morgan fingerprint density at radius 3 is 2.14 bits per heavy atom. The van der Waals surface area contributed by atoms with E-state index in [1.165, 1.54) is 38.5 Å². The maximum Gasteiger partial charge on any atom is 0.275 e. The number of hydrogen-bond donors (Lipinski definition) is 3. The maximum atomic E-state index is 12.7. The Morgan fingerprint density at radius 2 is 1.62 bits per heavy atom. The topological polar surface area (TPSA) is 62.6 Å². The predicted molar refractivity (Wildman–Crippen MR) is 113 cm³/mol. The van der Waals surface area contributed by atoms with E-state index in [9.17, 15) is 9.59 Å². The lowest BCUT2D eigenvalue weighted by atomic mass is 9.48. The zero-order chi connectivity index (χ0) is 20.6. The van der Waals surface area contributed by atoms with E-state index in [0.717, 1.165) is 34.8 Å². The fourth-order valence-electron chi connectivity index (χ4n) is 6.76. The normalized spacial score (nSPS) is 31.9. The van der Waals surface area contributed by atoms with Crippen LogP contribution < -0.4 is 15.5 Å². The molecule has 5 nitrogen and oxygen atoms in total. The molecule has 3 N–H and O–H groups in total. The molecule has 0 radical (unpaired) electrons. The summed E-state index contributed by atoms with van der Waals surface area (Å²) in [7, 11) is 3.69. The van der Waals surface area contributed by atoms with Gasteiger partial charge >= 0.3 is 0 Å². The van der Waals surface area contributed by atoms with Crippen LogP contribution in [0.15, 0.2) is 24.3 Å². The Balaban J connectivity index is 1.28. The smallest absolute Gasteiger partial charge is 0.275 e. The molecule has 4 aliphatic carbocycles. The third-order valence-corrected chi connectivity index (χ3v) is 7.79. The molecule has 0 aliphatic heterocycles. The summed E-state index contributed by atoms with van der Waals surface area (Å²) in [4.78, 5) is 25.6. The molecule has 1 aromatic rings. The van der Waals surface area contributed by atoms with Gasteiger partial charge in [-0.05, 0) is 80.8 Å². The number of likely N-dealkylation sites (N-methyl/N-ethyl adjacent to an activating group) is 1. The van der Waals surface area contributed by atoms with Crippen LogP contribution in [0.1, 0.15) is 61.4 Å². The summed E-state index contributed by atoms with van der Waals surface area (Å²) >= 11 is 0. The van der Waals surface area contributed by atoms with Gasteiger partial charge in [0.1, 0.15) is 6.54 Å². The van der Waals surface area contributed by atoms with Gasteiger partial charge in [0.15, 0.2) is 6.54 Å². The highest BCUT2D eigenvalue weighted by atomic mass is 16.2. The zero-order valence-corrected chi connectivity index (χ0v) is 18.1. The molecule has 2 amide bonds. The van der Waals surface area contributed by atoms with Crippen LogP contribution in [0.2, 0.25) is 0 Å². The van der Waals surface area contributed by atoms with Crippen LogP contribution in [0.5, 0.6) is 0 Å². The second-order valence-corrected chi connectivity index (χ2v) is 10.2. The van der Waals surface area contributed by atoms with E-state index in [0.29, 0.717) is 17.5 Å². The van der Waals surface area contributed by atoms with Crippen LogP contribution in [0, 0.1) is 23.2 Å². The van der Waals surface area contributed by atoms with E-state index in [4.69, 9.17) is 0 Å². The summed E-state index contributed by atoms with van der Waals surface area (Å²) in [5, 5.41) is 6.01.